The van der Waals surface area contributed by atoms with Crippen LogP contribution in [-0.4, -0.2) is 35.4 Å². The molecule has 1 saturated heterocycles. The van der Waals surface area contributed by atoms with Gasteiger partial charge in [0.25, 0.3) is 0 Å². The van der Waals surface area contributed by atoms with Crippen LogP contribution in [0.4, 0.5) is 0 Å². The number of ether oxygens (including phenoxy) is 1. The van der Waals surface area contributed by atoms with Gasteiger partial charge < -0.3 is 9.72 Å². The number of carbonyl (C=O) groups is 2. The number of Topliss-reactive ketones (excluding diaryl/α,β-unsaturated/α-hetero) is 1. The van der Waals surface area contributed by atoms with Gasteiger partial charge in [-0.05, 0) is 56.7 Å². The molecule has 1 unspecified atom stereocenters. The fraction of sp³-hybridized carbons (Fsp3) is 0.455. The lowest BCUT2D eigenvalue weighted by Crippen LogP contribution is -2.43. The van der Waals surface area contributed by atoms with Crippen LogP contribution in [0.3, 0.4) is 0 Å². The van der Waals surface area contributed by atoms with Gasteiger partial charge in [-0.1, -0.05) is 30.3 Å². The summed E-state index contributed by atoms with van der Waals surface area (Å²) in [7, 11) is 0. The van der Waals surface area contributed by atoms with Crippen LogP contribution in [0.25, 0.3) is 0 Å². The number of aldehydes is 1. The fourth-order valence-electron chi connectivity index (χ4n) is 3.47. The lowest BCUT2D eigenvalue weighted by molar-refractivity contribution is -0.116. The molecule has 27 heavy (non-hydrogen) atoms. The Labute approximate surface area is 160 Å². The monoisotopic (exact) mass is 368 g/mol. The molecular weight excluding hydrogens is 340 g/mol. The highest BCUT2D eigenvalue weighted by Gasteiger charge is 2.34. The number of aromatic amines is 1. The molecule has 5 heteroatoms. The molecule has 2 N–H and O–H groups in total. The number of H-pyrrole nitrogens is 1. The summed E-state index contributed by atoms with van der Waals surface area (Å²) in [6.45, 7) is 2.57. The molecule has 1 aromatic heterocycles. The second-order valence-corrected chi connectivity index (χ2v) is 7.59. The number of benzene rings is 1. The topological polar surface area (TPSA) is 71.2 Å². The van der Waals surface area contributed by atoms with Crippen molar-refractivity contribution in [2.45, 2.75) is 57.2 Å². The summed E-state index contributed by atoms with van der Waals surface area (Å²) in [6, 6.07) is 14.2. The quantitative estimate of drug-likeness (QED) is 0.383. The molecule has 1 aliphatic heterocycles. The lowest BCUT2D eigenvalue weighted by Gasteiger charge is -2.22. The van der Waals surface area contributed by atoms with E-state index in [2.05, 4.69) is 29.4 Å². The van der Waals surface area contributed by atoms with Crippen LogP contribution in [0.1, 0.15) is 54.4 Å². The Kier molecular flexibility index (Phi) is 6.58. The second-order valence-electron chi connectivity index (χ2n) is 7.59. The van der Waals surface area contributed by atoms with E-state index in [9.17, 15) is 9.59 Å². The minimum Gasteiger partial charge on any atom is -0.356 e. The van der Waals surface area contributed by atoms with Crippen LogP contribution in [0.5, 0.6) is 0 Å². The number of hydrogen-bond acceptors (Lipinski definition) is 4. The molecule has 0 spiro atoms. The molecule has 2 heterocycles. The average molecular weight is 368 g/mol. The third-order valence-electron chi connectivity index (χ3n) is 5.15. The van der Waals surface area contributed by atoms with Crippen LogP contribution in [0, 0.1) is 0 Å². The summed E-state index contributed by atoms with van der Waals surface area (Å²) >= 11 is 0. The van der Waals surface area contributed by atoms with Crippen LogP contribution in [0.2, 0.25) is 0 Å². The van der Waals surface area contributed by atoms with E-state index >= 15 is 0 Å². The van der Waals surface area contributed by atoms with Crippen molar-refractivity contribution in [2.75, 3.05) is 6.61 Å². The maximum atomic E-state index is 12.4. The van der Waals surface area contributed by atoms with Crippen molar-refractivity contribution in [1.82, 2.24) is 10.3 Å². The van der Waals surface area contributed by atoms with Crippen LogP contribution in [-0.2, 0) is 22.4 Å². The largest absolute Gasteiger partial charge is 0.356 e. The third-order valence-corrected chi connectivity index (χ3v) is 5.15. The highest BCUT2D eigenvalue weighted by Crippen LogP contribution is 2.21. The number of nitrogens with one attached hydrogen (secondary N) is 2. The van der Waals surface area contributed by atoms with E-state index < -0.39 is 6.23 Å². The summed E-state index contributed by atoms with van der Waals surface area (Å²) in [4.78, 5) is 26.4. The van der Waals surface area contributed by atoms with Gasteiger partial charge in [-0.25, -0.2) is 0 Å². The summed E-state index contributed by atoms with van der Waals surface area (Å²) < 4.78 is 5.39. The molecule has 0 amide bonds. The molecule has 0 saturated carbocycles. The minimum absolute atomic E-state index is 0.170. The van der Waals surface area contributed by atoms with E-state index in [1.807, 2.05) is 30.3 Å². The van der Waals surface area contributed by atoms with Crippen LogP contribution < -0.4 is 5.32 Å². The Morgan fingerprint density at radius 2 is 2.00 bits per heavy atom. The standard InChI is InChI=1S/C22H28N2O3/c1-22(16-27-21(15-25)24-22)14-13-18-11-12-19(23-18)20(26)10-6-5-9-17-7-3-2-4-8-17/h2-4,7-8,11-12,15,21,23-24H,5-6,9-10,13-14,16H2,1H3/t21?,22-/m1/s1. The summed E-state index contributed by atoms with van der Waals surface area (Å²) in [5.41, 5.74) is 2.84. The Hall–Kier alpha value is -2.24. The normalized spacial score (nSPS) is 22.0. The van der Waals surface area contributed by atoms with Crippen molar-refractivity contribution in [1.29, 1.82) is 0 Å². The maximum Gasteiger partial charge on any atom is 0.179 e. The van der Waals surface area contributed by atoms with E-state index in [1.54, 1.807) is 0 Å². The van der Waals surface area contributed by atoms with Crippen molar-refractivity contribution in [2.24, 2.45) is 0 Å². The van der Waals surface area contributed by atoms with E-state index in [0.29, 0.717) is 18.7 Å². The minimum atomic E-state index is -0.508. The molecule has 5 nitrogen and oxygen atoms in total. The molecule has 144 valence electrons. The smallest absolute Gasteiger partial charge is 0.179 e. The van der Waals surface area contributed by atoms with Crippen molar-refractivity contribution in [3.05, 3.63) is 59.4 Å². The summed E-state index contributed by atoms with van der Waals surface area (Å²) in [5.74, 6) is 0.170. The number of aromatic nitrogens is 1. The van der Waals surface area contributed by atoms with Gasteiger partial charge in [0.2, 0.25) is 0 Å². The first kappa shape index (κ1) is 19.5. The van der Waals surface area contributed by atoms with Gasteiger partial charge in [0.15, 0.2) is 18.3 Å². The van der Waals surface area contributed by atoms with Crippen molar-refractivity contribution >= 4 is 12.1 Å². The number of rotatable bonds is 10. The highest BCUT2D eigenvalue weighted by molar-refractivity contribution is 5.94. The number of unbranched alkanes of at least 4 members (excludes halogenated alkanes) is 1. The number of ketones is 1. The maximum absolute atomic E-state index is 12.4. The van der Waals surface area contributed by atoms with Gasteiger partial charge in [0, 0.05) is 17.7 Å². The predicted molar refractivity (Wildman–Crippen MR) is 105 cm³/mol. The molecule has 2 aromatic rings. The first-order chi connectivity index (χ1) is 13.1. The number of hydrogen-bond donors (Lipinski definition) is 2. The molecule has 0 radical (unpaired) electrons. The molecule has 1 aliphatic rings. The average Bonchev–Trinajstić information content (AvgIpc) is 3.31. The van der Waals surface area contributed by atoms with Gasteiger partial charge in [0.05, 0.1) is 12.3 Å². The van der Waals surface area contributed by atoms with Crippen LogP contribution in [0.15, 0.2) is 42.5 Å². The highest BCUT2D eigenvalue weighted by atomic mass is 16.5. The van der Waals surface area contributed by atoms with Crippen molar-refractivity contribution in [3.63, 3.8) is 0 Å². The van der Waals surface area contributed by atoms with Gasteiger partial charge in [-0.3, -0.25) is 14.9 Å². The van der Waals surface area contributed by atoms with E-state index in [4.69, 9.17) is 4.74 Å². The van der Waals surface area contributed by atoms with Gasteiger partial charge >= 0.3 is 0 Å². The predicted octanol–water partition coefficient (Wildman–Crippen LogP) is 3.45. The SMILES string of the molecule is C[C@@]1(CCc2ccc(C(=O)CCCCc3ccccc3)[nH]2)COC(C=O)N1. The van der Waals surface area contributed by atoms with E-state index in [1.165, 1.54) is 5.56 Å². The third kappa shape index (κ3) is 5.62. The summed E-state index contributed by atoms with van der Waals surface area (Å²) in [5, 5.41) is 3.19. The molecular formula is C22H28N2O3. The Bertz CT molecular complexity index is 756. The molecule has 0 aliphatic carbocycles. The second kappa shape index (κ2) is 9.11. The fourth-order valence-corrected chi connectivity index (χ4v) is 3.47. The first-order valence-electron chi connectivity index (χ1n) is 9.68. The van der Waals surface area contributed by atoms with Gasteiger partial charge in [0.1, 0.15) is 0 Å². The van der Waals surface area contributed by atoms with Gasteiger partial charge in [-0.2, -0.15) is 0 Å². The zero-order chi connectivity index (χ0) is 19.1. The Morgan fingerprint density at radius 1 is 1.19 bits per heavy atom. The number of carbonyl (C=O) groups excluding carboxylic acids is 2. The molecule has 1 fully saturated rings. The molecule has 3 rings (SSSR count). The van der Waals surface area contributed by atoms with Crippen molar-refractivity contribution < 1.29 is 14.3 Å². The van der Waals surface area contributed by atoms with E-state index in [-0.39, 0.29) is 11.3 Å². The zero-order valence-electron chi connectivity index (χ0n) is 15.9. The molecule has 2 atom stereocenters. The zero-order valence-corrected chi connectivity index (χ0v) is 15.9. The van der Waals surface area contributed by atoms with Crippen LogP contribution >= 0.6 is 0 Å². The molecule has 0 bridgehead atoms. The molecule has 1 aromatic carbocycles. The number of aryl methyl sites for hydroxylation is 2. The Morgan fingerprint density at radius 3 is 2.74 bits per heavy atom. The summed E-state index contributed by atoms with van der Waals surface area (Å²) in [6.07, 6.45) is 5.42. The van der Waals surface area contributed by atoms with Gasteiger partial charge in [-0.15, -0.1) is 0 Å². The van der Waals surface area contributed by atoms with E-state index in [0.717, 1.165) is 44.1 Å². The lowest BCUT2D eigenvalue weighted by atomic mass is 9.97. The van der Waals surface area contributed by atoms with Crippen molar-refractivity contribution in [3.8, 4) is 0 Å². The first-order valence-corrected chi connectivity index (χ1v) is 9.68. The Balaban J connectivity index is 1.40.